The Morgan fingerprint density at radius 2 is 1.96 bits per heavy atom. The van der Waals surface area contributed by atoms with E-state index in [2.05, 4.69) is 20.9 Å². The lowest BCUT2D eigenvalue weighted by Gasteiger charge is -2.16. The molecule has 2 aromatic carbocycles. The van der Waals surface area contributed by atoms with Crippen molar-refractivity contribution in [3.05, 3.63) is 69.8 Å². The highest BCUT2D eigenvalue weighted by molar-refractivity contribution is 9.10. The summed E-state index contributed by atoms with van der Waals surface area (Å²) in [5.74, 6) is 0.515. The third-order valence-electron chi connectivity index (χ3n) is 4.80. The van der Waals surface area contributed by atoms with Gasteiger partial charge in [-0.15, -0.1) is 0 Å². The first kappa shape index (κ1) is 18.3. The molecule has 0 bridgehead atoms. The average molecular weight is 447 g/mol. The van der Waals surface area contributed by atoms with Crippen LogP contribution >= 0.6 is 27.5 Å². The molecule has 27 heavy (non-hydrogen) atoms. The van der Waals surface area contributed by atoms with Gasteiger partial charge < -0.3 is 9.47 Å². The zero-order valence-corrected chi connectivity index (χ0v) is 16.8. The molecule has 4 nitrogen and oxygen atoms in total. The molecule has 0 aliphatic heterocycles. The van der Waals surface area contributed by atoms with Crippen molar-refractivity contribution in [1.82, 2.24) is 4.98 Å². The topological polar surface area (TPSA) is 48.4 Å². The summed E-state index contributed by atoms with van der Waals surface area (Å²) < 4.78 is 12.1. The number of hydrogen-bond donors (Lipinski definition) is 0. The number of rotatable bonds is 6. The number of esters is 1. The maximum atomic E-state index is 12.6. The monoisotopic (exact) mass is 445 g/mol. The normalized spacial score (nSPS) is 14.7. The minimum Gasteiger partial charge on any atom is -0.489 e. The Balaban J connectivity index is 1.36. The van der Waals surface area contributed by atoms with Crippen molar-refractivity contribution < 1.29 is 14.3 Å². The maximum Gasteiger partial charge on any atom is 0.316 e. The van der Waals surface area contributed by atoms with E-state index in [1.54, 1.807) is 6.20 Å². The fourth-order valence-corrected chi connectivity index (χ4v) is 3.58. The first-order valence-electron chi connectivity index (χ1n) is 8.69. The van der Waals surface area contributed by atoms with E-state index >= 15 is 0 Å². The van der Waals surface area contributed by atoms with Crippen LogP contribution in [0.5, 0.6) is 5.75 Å². The van der Waals surface area contributed by atoms with E-state index in [0.29, 0.717) is 5.02 Å². The van der Waals surface area contributed by atoms with Crippen LogP contribution in [-0.4, -0.2) is 24.2 Å². The molecule has 0 unspecified atom stereocenters. The van der Waals surface area contributed by atoms with Gasteiger partial charge in [-0.2, -0.15) is 0 Å². The molecule has 1 aliphatic carbocycles. The van der Waals surface area contributed by atoms with E-state index in [1.807, 2.05) is 48.5 Å². The Bertz CT molecular complexity index is 998. The Labute approximate surface area is 170 Å². The maximum absolute atomic E-state index is 12.6. The highest BCUT2D eigenvalue weighted by Crippen LogP contribution is 2.50. The van der Waals surface area contributed by atoms with Crippen molar-refractivity contribution in [2.45, 2.75) is 18.3 Å². The van der Waals surface area contributed by atoms with Crippen molar-refractivity contribution in [2.24, 2.45) is 0 Å². The number of pyridine rings is 1. The van der Waals surface area contributed by atoms with Crippen LogP contribution in [0.4, 0.5) is 0 Å². The predicted molar refractivity (Wildman–Crippen MR) is 108 cm³/mol. The molecular weight excluding hydrogens is 430 g/mol. The fourth-order valence-electron chi connectivity index (χ4n) is 3.15. The Hall–Kier alpha value is -2.11. The van der Waals surface area contributed by atoms with Crippen LogP contribution in [0.25, 0.3) is 10.9 Å². The number of para-hydroxylation sites is 1. The van der Waals surface area contributed by atoms with Crippen LogP contribution in [0.1, 0.15) is 18.4 Å². The summed E-state index contributed by atoms with van der Waals surface area (Å²) >= 11 is 9.55. The van der Waals surface area contributed by atoms with Gasteiger partial charge in [-0.25, -0.2) is 0 Å². The van der Waals surface area contributed by atoms with Gasteiger partial charge >= 0.3 is 5.97 Å². The van der Waals surface area contributed by atoms with E-state index in [-0.39, 0.29) is 19.2 Å². The molecule has 0 spiro atoms. The van der Waals surface area contributed by atoms with Crippen molar-refractivity contribution in [1.29, 1.82) is 0 Å². The SMILES string of the molecule is O=C(OCCOc1ccnc2ccccc12)C1(c2ccc(Br)c(Cl)c2)CC1. The van der Waals surface area contributed by atoms with Crippen molar-refractivity contribution in [3.8, 4) is 5.75 Å². The molecule has 0 atom stereocenters. The van der Waals surface area contributed by atoms with Gasteiger partial charge in [0.25, 0.3) is 0 Å². The van der Waals surface area contributed by atoms with Crippen molar-refractivity contribution in [2.75, 3.05) is 13.2 Å². The summed E-state index contributed by atoms with van der Waals surface area (Å²) in [5.41, 5.74) is 1.21. The minimum atomic E-state index is -0.562. The number of carbonyl (C=O) groups excluding carboxylic acids is 1. The molecule has 3 aromatic rings. The molecule has 1 aromatic heterocycles. The second-order valence-corrected chi connectivity index (χ2v) is 7.78. The molecule has 6 heteroatoms. The predicted octanol–water partition coefficient (Wildman–Crippen LogP) is 5.30. The number of carbonyl (C=O) groups is 1. The van der Waals surface area contributed by atoms with Gasteiger partial charge in [-0.05, 0) is 64.7 Å². The van der Waals surface area contributed by atoms with Crippen LogP contribution in [0, 0.1) is 0 Å². The molecule has 1 heterocycles. The van der Waals surface area contributed by atoms with Crippen LogP contribution < -0.4 is 4.74 Å². The molecule has 1 aliphatic rings. The van der Waals surface area contributed by atoms with Gasteiger partial charge in [0, 0.05) is 16.1 Å². The zero-order chi connectivity index (χ0) is 18.9. The third kappa shape index (κ3) is 3.66. The van der Waals surface area contributed by atoms with E-state index in [0.717, 1.165) is 39.5 Å². The second-order valence-electron chi connectivity index (χ2n) is 6.52. The summed E-state index contributed by atoms with van der Waals surface area (Å²) in [7, 11) is 0. The average Bonchev–Trinajstić information content (AvgIpc) is 3.49. The lowest BCUT2D eigenvalue weighted by molar-refractivity contribution is -0.147. The molecular formula is C21H17BrClNO3. The van der Waals surface area contributed by atoms with Crippen molar-refractivity contribution in [3.63, 3.8) is 0 Å². The van der Waals surface area contributed by atoms with Gasteiger partial charge in [0.2, 0.25) is 0 Å². The van der Waals surface area contributed by atoms with E-state index in [9.17, 15) is 4.79 Å². The number of aromatic nitrogens is 1. The van der Waals surface area contributed by atoms with Crippen LogP contribution in [0.15, 0.2) is 59.2 Å². The fraction of sp³-hybridized carbons (Fsp3) is 0.238. The Morgan fingerprint density at radius 3 is 2.74 bits per heavy atom. The Kier molecular flexibility index (Phi) is 5.06. The molecule has 4 rings (SSSR count). The summed E-state index contributed by atoms with van der Waals surface area (Å²) in [6.07, 6.45) is 3.26. The summed E-state index contributed by atoms with van der Waals surface area (Å²) in [5, 5.41) is 1.54. The molecule has 0 N–H and O–H groups in total. The van der Waals surface area contributed by atoms with Gasteiger partial charge in [-0.1, -0.05) is 29.8 Å². The number of benzene rings is 2. The van der Waals surface area contributed by atoms with Crippen LogP contribution in [0.2, 0.25) is 5.02 Å². The lowest BCUT2D eigenvalue weighted by atomic mass is 9.96. The first-order chi connectivity index (χ1) is 13.1. The molecule has 0 saturated heterocycles. The smallest absolute Gasteiger partial charge is 0.316 e. The van der Waals surface area contributed by atoms with Crippen LogP contribution in [0.3, 0.4) is 0 Å². The van der Waals surface area contributed by atoms with E-state index in [1.165, 1.54) is 0 Å². The largest absolute Gasteiger partial charge is 0.489 e. The molecule has 138 valence electrons. The number of ether oxygens (including phenoxy) is 2. The third-order valence-corrected chi connectivity index (χ3v) is 6.03. The zero-order valence-electron chi connectivity index (χ0n) is 14.5. The molecule has 1 saturated carbocycles. The van der Waals surface area contributed by atoms with Crippen molar-refractivity contribution >= 4 is 44.4 Å². The summed E-state index contributed by atoms with van der Waals surface area (Å²) in [4.78, 5) is 16.9. The number of halogens is 2. The lowest BCUT2D eigenvalue weighted by Crippen LogP contribution is -2.25. The van der Waals surface area contributed by atoms with Gasteiger partial charge in [-0.3, -0.25) is 9.78 Å². The van der Waals surface area contributed by atoms with Crippen LogP contribution in [-0.2, 0) is 14.9 Å². The quantitative estimate of drug-likeness (QED) is 0.380. The van der Waals surface area contributed by atoms with E-state index < -0.39 is 5.41 Å². The molecule has 1 fully saturated rings. The minimum absolute atomic E-state index is 0.196. The van der Waals surface area contributed by atoms with Gasteiger partial charge in [0.1, 0.15) is 19.0 Å². The molecule has 0 amide bonds. The van der Waals surface area contributed by atoms with Gasteiger partial charge in [0.05, 0.1) is 16.0 Å². The van der Waals surface area contributed by atoms with Gasteiger partial charge in [0.15, 0.2) is 0 Å². The number of nitrogens with zero attached hydrogens (tertiary/aromatic N) is 1. The molecule has 0 radical (unpaired) electrons. The highest BCUT2D eigenvalue weighted by Gasteiger charge is 2.52. The number of fused-ring (bicyclic) bond motifs is 1. The summed E-state index contributed by atoms with van der Waals surface area (Å²) in [6, 6.07) is 15.2. The highest BCUT2D eigenvalue weighted by atomic mass is 79.9. The standard InChI is InChI=1S/C21H17BrClNO3/c22-16-6-5-14(13-17(16)23)21(8-9-21)20(25)27-12-11-26-19-7-10-24-18-4-2-1-3-15(18)19/h1-7,10,13H,8-9,11-12H2. The Morgan fingerprint density at radius 1 is 1.15 bits per heavy atom. The second kappa shape index (κ2) is 7.49. The first-order valence-corrected chi connectivity index (χ1v) is 9.86. The van der Waals surface area contributed by atoms with E-state index in [4.69, 9.17) is 21.1 Å². The summed E-state index contributed by atoms with van der Waals surface area (Å²) in [6.45, 7) is 0.485. The number of hydrogen-bond acceptors (Lipinski definition) is 4.